The highest BCUT2D eigenvalue weighted by Crippen LogP contribution is 2.51. The summed E-state index contributed by atoms with van der Waals surface area (Å²) in [7, 11) is 0. The summed E-state index contributed by atoms with van der Waals surface area (Å²) in [6.07, 6.45) is -2.81. The molecule has 6 atom stereocenters. The molecule has 4 nitrogen and oxygen atoms in total. The summed E-state index contributed by atoms with van der Waals surface area (Å²) >= 11 is 6.06. The molecule has 2 aliphatic rings. The third-order valence-electron chi connectivity index (χ3n) is 6.60. The minimum Gasteiger partial charge on any atom is -0.395 e. The van der Waals surface area contributed by atoms with Gasteiger partial charge in [-0.3, -0.25) is 0 Å². The van der Waals surface area contributed by atoms with Crippen molar-refractivity contribution in [1.29, 1.82) is 0 Å². The summed E-state index contributed by atoms with van der Waals surface area (Å²) in [6.45, 7) is 2.35. The number of anilines is 1. The second kappa shape index (κ2) is 10.2. The third-order valence-corrected chi connectivity index (χ3v) is 6.78. The van der Waals surface area contributed by atoms with E-state index < -0.39 is 17.8 Å². The largest absolute Gasteiger partial charge is 0.416 e. The van der Waals surface area contributed by atoms with Crippen LogP contribution in [0.1, 0.15) is 55.0 Å². The van der Waals surface area contributed by atoms with Crippen LogP contribution in [-0.4, -0.2) is 35.8 Å². The number of hydrogen-bond acceptors (Lipinski definition) is 4. The van der Waals surface area contributed by atoms with Crippen molar-refractivity contribution >= 4 is 17.3 Å². The SMILES string of the molecule is CC(Cl)C[C@@H](CO)NC[C@H]1CC[C@@H]2[C@H](O1)c1cc(C(F)(F)F)ccc1N[C@H]2c1ccccc1. The molecule has 1 fully saturated rings. The molecular formula is C25H30ClF3N2O2. The van der Waals surface area contributed by atoms with E-state index in [0.29, 0.717) is 24.2 Å². The predicted octanol–water partition coefficient (Wildman–Crippen LogP) is 5.68. The number of fused-ring (bicyclic) bond motifs is 3. The van der Waals surface area contributed by atoms with Gasteiger partial charge in [-0.05, 0) is 49.9 Å². The van der Waals surface area contributed by atoms with Crippen molar-refractivity contribution in [2.24, 2.45) is 5.92 Å². The zero-order valence-electron chi connectivity index (χ0n) is 18.5. The maximum Gasteiger partial charge on any atom is 0.416 e. The molecule has 2 aromatic rings. The molecule has 3 N–H and O–H groups in total. The van der Waals surface area contributed by atoms with Crippen LogP contribution in [-0.2, 0) is 10.9 Å². The fraction of sp³-hybridized carbons (Fsp3) is 0.520. The Kier molecular flexibility index (Phi) is 7.53. The van der Waals surface area contributed by atoms with E-state index in [1.165, 1.54) is 12.1 Å². The molecule has 2 aliphatic heterocycles. The Morgan fingerprint density at radius 3 is 2.61 bits per heavy atom. The van der Waals surface area contributed by atoms with Crippen molar-refractivity contribution in [2.75, 3.05) is 18.5 Å². The number of nitrogens with one attached hydrogen (secondary N) is 2. The Hall–Kier alpha value is -1.80. The van der Waals surface area contributed by atoms with Crippen LogP contribution < -0.4 is 10.6 Å². The molecule has 0 spiro atoms. The summed E-state index contributed by atoms with van der Waals surface area (Å²) < 4.78 is 46.8. The standard InChI is InChI=1S/C25H30ClF3N2O2/c1-15(26)11-18(14-32)30-13-19-8-9-20-23(16-5-3-2-4-6-16)31-22-10-7-17(25(27,28)29)12-21(22)24(20)33-19/h2-7,10,12,15,18-20,23-24,30-32H,8-9,11,13-14H2,1H3/t15?,18-,19+,20-,23-,24-/m0/s1. The highest BCUT2D eigenvalue weighted by Gasteiger charge is 2.43. The maximum absolute atomic E-state index is 13.4. The summed E-state index contributed by atoms with van der Waals surface area (Å²) in [4.78, 5) is 0. The molecule has 0 aliphatic carbocycles. The summed E-state index contributed by atoms with van der Waals surface area (Å²) in [5.41, 5.74) is 1.66. The first-order valence-electron chi connectivity index (χ1n) is 11.4. The first-order chi connectivity index (χ1) is 15.8. The van der Waals surface area contributed by atoms with Crippen molar-refractivity contribution in [3.8, 4) is 0 Å². The molecule has 8 heteroatoms. The van der Waals surface area contributed by atoms with Gasteiger partial charge in [-0.25, -0.2) is 0 Å². The number of hydrogen-bond donors (Lipinski definition) is 3. The van der Waals surface area contributed by atoms with Crippen LogP contribution in [0.25, 0.3) is 0 Å². The van der Waals surface area contributed by atoms with Crippen LogP contribution in [0.2, 0.25) is 0 Å². The Balaban J connectivity index is 1.59. The fourth-order valence-corrected chi connectivity index (χ4v) is 5.20. The molecule has 0 radical (unpaired) electrons. The molecule has 0 bridgehead atoms. The van der Waals surface area contributed by atoms with Gasteiger partial charge in [-0.1, -0.05) is 30.3 Å². The average Bonchev–Trinajstić information content (AvgIpc) is 2.80. The van der Waals surface area contributed by atoms with E-state index >= 15 is 0 Å². The fourth-order valence-electron chi connectivity index (χ4n) is 4.99. The zero-order valence-corrected chi connectivity index (χ0v) is 19.2. The Labute approximate surface area is 197 Å². The molecular weight excluding hydrogens is 453 g/mol. The van der Waals surface area contributed by atoms with Gasteiger partial charge < -0.3 is 20.5 Å². The number of benzene rings is 2. The van der Waals surface area contributed by atoms with Crippen LogP contribution in [0.4, 0.5) is 18.9 Å². The Morgan fingerprint density at radius 2 is 1.94 bits per heavy atom. The van der Waals surface area contributed by atoms with E-state index in [2.05, 4.69) is 10.6 Å². The molecule has 0 saturated carbocycles. The number of aliphatic hydroxyl groups excluding tert-OH is 1. The number of halogens is 4. The van der Waals surface area contributed by atoms with E-state index in [0.717, 1.165) is 24.5 Å². The molecule has 33 heavy (non-hydrogen) atoms. The molecule has 1 saturated heterocycles. The number of ether oxygens (including phenoxy) is 1. The van der Waals surface area contributed by atoms with Gasteiger partial charge in [0.15, 0.2) is 0 Å². The highest BCUT2D eigenvalue weighted by molar-refractivity contribution is 6.20. The van der Waals surface area contributed by atoms with E-state index in [1.807, 2.05) is 37.3 Å². The lowest BCUT2D eigenvalue weighted by Crippen LogP contribution is -2.45. The smallest absolute Gasteiger partial charge is 0.395 e. The van der Waals surface area contributed by atoms with Gasteiger partial charge in [0.25, 0.3) is 0 Å². The number of alkyl halides is 4. The van der Waals surface area contributed by atoms with E-state index in [-0.39, 0.29) is 36.1 Å². The molecule has 180 valence electrons. The average molecular weight is 483 g/mol. The van der Waals surface area contributed by atoms with Crippen molar-refractivity contribution in [2.45, 2.75) is 62.0 Å². The van der Waals surface area contributed by atoms with Gasteiger partial charge in [0, 0.05) is 35.1 Å². The lowest BCUT2D eigenvalue weighted by atomic mass is 9.76. The molecule has 1 unspecified atom stereocenters. The monoisotopic (exact) mass is 482 g/mol. The van der Waals surface area contributed by atoms with Gasteiger partial charge in [-0.2, -0.15) is 13.2 Å². The molecule has 2 aromatic carbocycles. The van der Waals surface area contributed by atoms with Crippen LogP contribution in [0.3, 0.4) is 0 Å². The van der Waals surface area contributed by atoms with Gasteiger partial charge in [0.05, 0.1) is 30.4 Å². The molecule has 4 rings (SSSR count). The minimum absolute atomic E-state index is 0.0103. The van der Waals surface area contributed by atoms with E-state index in [1.54, 1.807) is 0 Å². The maximum atomic E-state index is 13.4. The first-order valence-corrected chi connectivity index (χ1v) is 11.9. The van der Waals surface area contributed by atoms with Crippen LogP contribution >= 0.6 is 11.6 Å². The summed E-state index contributed by atoms with van der Waals surface area (Å²) in [5.74, 6) is 0.0103. The van der Waals surface area contributed by atoms with Gasteiger partial charge in [0.1, 0.15) is 0 Å². The lowest BCUT2D eigenvalue weighted by Gasteiger charge is -2.46. The van der Waals surface area contributed by atoms with Crippen molar-refractivity contribution in [3.63, 3.8) is 0 Å². The molecule has 0 amide bonds. The minimum atomic E-state index is -4.41. The molecule has 2 heterocycles. The van der Waals surface area contributed by atoms with Gasteiger partial charge in [0.2, 0.25) is 0 Å². The van der Waals surface area contributed by atoms with Crippen LogP contribution in [0.5, 0.6) is 0 Å². The topological polar surface area (TPSA) is 53.5 Å². The van der Waals surface area contributed by atoms with E-state index in [4.69, 9.17) is 16.3 Å². The third kappa shape index (κ3) is 5.65. The van der Waals surface area contributed by atoms with Crippen LogP contribution in [0, 0.1) is 5.92 Å². The normalized spacial score (nSPS) is 26.6. The van der Waals surface area contributed by atoms with E-state index in [9.17, 15) is 18.3 Å². The van der Waals surface area contributed by atoms with Crippen molar-refractivity contribution in [1.82, 2.24) is 5.32 Å². The first kappa shape index (κ1) is 24.3. The zero-order chi connectivity index (χ0) is 23.6. The Morgan fingerprint density at radius 1 is 1.18 bits per heavy atom. The highest BCUT2D eigenvalue weighted by atomic mass is 35.5. The lowest BCUT2D eigenvalue weighted by molar-refractivity contribution is -0.138. The van der Waals surface area contributed by atoms with Crippen LogP contribution in [0.15, 0.2) is 48.5 Å². The van der Waals surface area contributed by atoms with Crippen molar-refractivity contribution < 1.29 is 23.0 Å². The second-order valence-electron chi connectivity index (χ2n) is 9.06. The summed E-state index contributed by atoms with van der Waals surface area (Å²) in [6, 6.07) is 13.6. The predicted molar refractivity (Wildman–Crippen MR) is 123 cm³/mol. The quantitative estimate of drug-likeness (QED) is 0.445. The number of aliphatic hydroxyl groups is 1. The molecule has 0 aromatic heterocycles. The Bertz CT molecular complexity index is 926. The second-order valence-corrected chi connectivity index (χ2v) is 9.80. The number of rotatable bonds is 7. The van der Waals surface area contributed by atoms with Gasteiger partial charge in [-0.15, -0.1) is 11.6 Å². The summed E-state index contributed by atoms with van der Waals surface area (Å²) in [5, 5.41) is 16.3. The van der Waals surface area contributed by atoms with Crippen molar-refractivity contribution in [3.05, 3.63) is 65.2 Å². The van der Waals surface area contributed by atoms with Gasteiger partial charge >= 0.3 is 6.18 Å².